The van der Waals surface area contributed by atoms with Gasteiger partial charge in [-0.15, -0.1) is 11.8 Å². The van der Waals surface area contributed by atoms with Gasteiger partial charge < -0.3 is 9.84 Å². The van der Waals surface area contributed by atoms with Crippen LogP contribution in [0.5, 0.6) is 0 Å². The van der Waals surface area contributed by atoms with Crippen LogP contribution in [-0.2, 0) is 4.74 Å². The molecule has 1 aromatic heterocycles. The van der Waals surface area contributed by atoms with Crippen LogP contribution in [0, 0.1) is 0 Å². The topological polar surface area (TPSA) is 59.4 Å². The Labute approximate surface area is 111 Å². The van der Waals surface area contributed by atoms with Gasteiger partial charge in [0.2, 0.25) is 0 Å². The summed E-state index contributed by atoms with van der Waals surface area (Å²) >= 11 is 1.62. The van der Waals surface area contributed by atoms with Gasteiger partial charge in [-0.3, -0.25) is 0 Å². The largest absolute Gasteiger partial charge is 0.477 e. The number of aromatic nitrogens is 1. The van der Waals surface area contributed by atoms with Crippen molar-refractivity contribution in [2.45, 2.75) is 43.3 Å². The number of thioether (sulfide) groups is 1. The normalized spacial score (nSPS) is 22.0. The van der Waals surface area contributed by atoms with E-state index < -0.39 is 5.97 Å². The zero-order valence-electron chi connectivity index (χ0n) is 10.5. The molecule has 1 aliphatic rings. The van der Waals surface area contributed by atoms with E-state index in [1.165, 1.54) is 6.20 Å². The standard InChI is InChI=1S/C13H17NO3S/c1-13(2)5-3-9(17-13)8-18-10-4-6-14-11(7-10)12(15)16/h4,6-7,9H,3,5,8H2,1-2H3,(H,15,16). The third-order valence-electron chi connectivity index (χ3n) is 2.94. The molecule has 2 rings (SSSR count). The first kappa shape index (κ1) is 13.4. The molecule has 18 heavy (non-hydrogen) atoms. The lowest BCUT2D eigenvalue weighted by Gasteiger charge is -2.18. The molecular formula is C13H17NO3S. The number of ether oxygens (including phenoxy) is 1. The summed E-state index contributed by atoms with van der Waals surface area (Å²) in [7, 11) is 0. The maximum absolute atomic E-state index is 10.8. The number of carboxylic acid groups (broad SMARTS) is 1. The van der Waals surface area contributed by atoms with Crippen molar-refractivity contribution in [3.63, 3.8) is 0 Å². The molecule has 1 aliphatic heterocycles. The third-order valence-corrected chi connectivity index (χ3v) is 4.07. The van der Waals surface area contributed by atoms with Crippen LogP contribution in [0.1, 0.15) is 37.2 Å². The summed E-state index contributed by atoms with van der Waals surface area (Å²) in [6.07, 6.45) is 3.93. The lowest BCUT2D eigenvalue weighted by Crippen LogP contribution is -2.21. The number of pyridine rings is 1. The predicted octanol–water partition coefficient (Wildman–Crippen LogP) is 2.83. The van der Waals surface area contributed by atoms with E-state index in [1.807, 2.05) is 6.07 Å². The van der Waals surface area contributed by atoms with Gasteiger partial charge in [0.1, 0.15) is 5.69 Å². The number of rotatable bonds is 4. The quantitative estimate of drug-likeness (QED) is 0.850. The van der Waals surface area contributed by atoms with Crippen LogP contribution >= 0.6 is 11.8 Å². The fourth-order valence-corrected chi connectivity index (χ4v) is 2.97. The van der Waals surface area contributed by atoms with Gasteiger partial charge in [-0.25, -0.2) is 9.78 Å². The van der Waals surface area contributed by atoms with Crippen molar-refractivity contribution in [1.82, 2.24) is 4.98 Å². The van der Waals surface area contributed by atoms with Crippen molar-refractivity contribution in [3.05, 3.63) is 24.0 Å². The summed E-state index contributed by atoms with van der Waals surface area (Å²) in [4.78, 5) is 15.5. The summed E-state index contributed by atoms with van der Waals surface area (Å²) in [5.41, 5.74) is 0.0723. The minimum atomic E-state index is -0.990. The van der Waals surface area contributed by atoms with Gasteiger partial charge in [0.15, 0.2) is 0 Å². The van der Waals surface area contributed by atoms with E-state index in [0.717, 1.165) is 23.5 Å². The maximum Gasteiger partial charge on any atom is 0.354 e. The van der Waals surface area contributed by atoms with Crippen molar-refractivity contribution >= 4 is 17.7 Å². The lowest BCUT2D eigenvalue weighted by molar-refractivity contribution is -0.00466. The number of hydrogen-bond acceptors (Lipinski definition) is 4. The summed E-state index contributed by atoms with van der Waals surface area (Å²) in [6.45, 7) is 4.21. The van der Waals surface area contributed by atoms with Crippen molar-refractivity contribution in [2.24, 2.45) is 0 Å². The van der Waals surface area contributed by atoms with Gasteiger partial charge >= 0.3 is 5.97 Å². The molecule has 0 bridgehead atoms. The minimum absolute atomic E-state index is 0.0182. The molecule has 1 atom stereocenters. The highest BCUT2D eigenvalue weighted by atomic mass is 32.2. The zero-order valence-corrected chi connectivity index (χ0v) is 11.4. The molecule has 0 aromatic carbocycles. The van der Waals surface area contributed by atoms with Crippen molar-refractivity contribution in [2.75, 3.05) is 5.75 Å². The molecule has 1 fully saturated rings. The molecule has 1 unspecified atom stereocenters. The molecule has 0 amide bonds. The Morgan fingerprint density at radius 1 is 1.67 bits per heavy atom. The molecule has 1 aromatic rings. The average molecular weight is 267 g/mol. The van der Waals surface area contributed by atoms with Gasteiger partial charge in [-0.05, 0) is 38.8 Å². The summed E-state index contributed by atoms with van der Waals surface area (Å²) in [6, 6.07) is 3.43. The Hall–Kier alpha value is -1.07. The van der Waals surface area contributed by atoms with Crippen LogP contribution in [0.3, 0.4) is 0 Å². The average Bonchev–Trinajstić information content (AvgIpc) is 2.67. The van der Waals surface area contributed by atoms with Crippen molar-refractivity contribution in [3.8, 4) is 0 Å². The SMILES string of the molecule is CC1(C)CCC(CSc2ccnc(C(=O)O)c2)O1. The molecule has 1 saturated heterocycles. The number of carbonyl (C=O) groups is 1. The van der Waals surface area contributed by atoms with Gasteiger partial charge in [0.05, 0.1) is 11.7 Å². The molecule has 5 heteroatoms. The van der Waals surface area contributed by atoms with Crippen molar-refractivity contribution in [1.29, 1.82) is 0 Å². The number of aromatic carboxylic acids is 1. The van der Waals surface area contributed by atoms with E-state index in [1.54, 1.807) is 17.8 Å². The van der Waals surface area contributed by atoms with E-state index >= 15 is 0 Å². The molecular weight excluding hydrogens is 250 g/mol. The number of hydrogen-bond donors (Lipinski definition) is 1. The summed E-state index contributed by atoms with van der Waals surface area (Å²) in [5, 5.41) is 8.86. The van der Waals surface area contributed by atoms with E-state index in [2.05, 4.69) is 18.8 Å². The Balaban J connectivity index is 1.91. The molecule has 1 N–H and O–H groups in total. The van der Waals surface area contributed by atoms with Gasteiger partial charge in [-0.1, -0.05) is 0 Å². The molecule has 0 aliphatic carbocycles. The molecule has 0 saturated carbocycles. The highest BCUT2D eigenvalue weighted by Gasteiger charge is 2.31. The van der Waals surface area contributed by atoms with Crippen LogP contribution in [0.15, 0.2) is 23.2 Å². The first-order valence-electron chi connectivity index (χ1n) is 5.96. The third kappa shape index (κ3) is 3.46. The second-order valence-corrected chi connectivity index (χ2v) is 6.12. The van der Waals surface area contributed by atoms with Crippen LogP contribution in [0.4, 0.5) is 0 Å². The monoisotopic (exact) mass is 267 g/mol. The van der Waals surface area contributed by atoms with Crippen molar-refractivity contribution < 1.29 is 14.6 Å². The smallest absolute Gasteiger partial charge is 0.354 e. The van der Waals surface area contributed by atoms with E-state index in [-0.39, 0.29) is 17.4 Å². The van der Waals surface area contributed by atoms with Crippen LogP contribution in [0.2, 0.25) is 0 Å². The minimum Gasteiger partial charge on any atom is -0.477 e. The molecule has 0 spiro atoms. The van der Waals surface area contributed by atoms with Gasteiger partial charge in [-0.2, -0.15) is 0 Å². The molecule has 4 nitrogen and oxygen atoms in total. The highest BCUT2D eigenvalue weighted by molar-refractivity contribution is 7.99. The van der Waals surface area contributed by atoms with E-state index in [4.69, 9.17) is 9.84 Å². The fraction of sp³-hybridized carbons (Fsp3) is 0.538. The summed E-state index contributed by atoms with van der Waals surface area (Å²) in [5.74, 6) is -0.136. The maximum atomic E-state index is 10.8. The van der Waals surface area contributed by atoms with Crippen LogP contribution in [-0.4, -0.2) is 33.5 Å². The van der Waals surface area contributed by atoms with Gasteiger partial charge in [0, 0.05) is 16.8 Å². The Bertz CT molecular complexity index is 448. The molecule has 0 radical (unpaired) electrons. The predicted molar refractivity (Wildman–Crippen MR) is 70.1 cm³/mol. The highest BCUT2D eigenvalue weighted by Crippen LogP contribution is 2.32. The first-order chi connectivity index (χ1) is 8.46. The second kappa shape index (κ2) is 5.28. The molecule has 2 heterocycles. The van der Waals surface area contributed by atoms with E-state index in [9.17, 15) is 4.79 Å². The Morgan fingerprint density at radius 2 is 2.44 bits per heavy atom. The molecule has 98 valence electrons. The van der Waals surface area contributed by atoms with Gasteiger partial charge in [0.25, 0.3) is 0 Å². The Morgan fingerprint density at radius 3 is 3.06 bits per heavy atom. The zero-order chi connectivity index (χ0) is 13.2. The fourth-order valence-electron chi connectivity index (χ4n) is 2.00. The number of nitrogens with zero attached hydrogens (tertiary/aromatic N) is 1. The van der Waals surface area contributed by atoms with Crippen LogP contribution < -0.4 is 0 Å². The lowest BCUT2D eigenvalue weighted by atomic mass is 10.1. The van der Waals surface area contributed by atoms with Crippen LogP contribution in [0.25, 0.3) is 0 Å². The number of carboxylic acids is 1. The Kier molecular flexibility index (Phi) is 3.92. The second-order valence-electron chi connectivity index (χ2n) is 5.03. The summed E-state index contributed by atoms with van der Waals surface area (Å²) < 4.78 is 5.90. The first-order valence-corrected chi connectivity index (χ1v) is 6.95. The van der Waals surface area contributed by atoms with E-state index in [0.29, 0.717) is 0 Å².